The average Bonchev–Trinajstić information content (AvgIpc) is 2.73. The molecule has 2 aromatic carbocycles. The van der Waals surface area contributed by atoms with E-state index in [1.54, 1.807) is 24.3 Å². The second kappa shape index (κ2) is 11.0. The van der Waals surface area contributed by atoms with Gasteiger partial charge >= 0.3 is 18.0 Å². The fourth-order valence-corrected chi connectivity index (χ4v) is 4.35. The Hall–Kier alpha value is -3.11. The van der Waals surface area contributed by atoms with Gasteiger partial charge in [-0.25, -0.2) is 18.0 Å². The van der Waals surface area contributed by atoms with Crippen LogP contribution in [0.3, 0.4) is 0 Å². The normalized spacial score (nSPS) is 12.1. The van der Waals surface area contributed by atoms with Gasteiger partial charge in [0.05, 0.1) is 17.9 Å². The SMILES string of the molecule is CCCCOC(=O)N([C@@H](CC(=O)O)C(=O)O)S(=O)(=O)c1ccc(-c2ccc(Cl)cc2)cc1. The van der Waals surface area contributed by atoms with Gasteiger partial charge in [-0.1, -0.05) is 49.2 Å². The number of nitrogens with zero attached hydrogens (tertiary/aromatic N) is 1. The maximum Gasteiger partial charge on any atom is 0.424 e. The summed E-state index contributed by atoms with van der Waals surface area (Å²) in [5, 5.41) is 19.0. The fourth-order valence-electron chi connectivity index (χ4n) is 2.77. The highest BCUT2D eigenvalue weighted by molar-refractivity contribution is 7.89. The van der Waals surface area contributed by atoms with Crippen molar-refractivity contribution in [3.63, 3.8) is 0 Å². The predicted molar refractivity (Wildman–Crippen MR) is 116 cm³/mol. The Bertz CT molecular complexity index is 1070. The van der Waals surface area contributed by atoms with E-state index >= 15 is 0 Å². The number of unbranched alkanes of at least 4 members (excludes halogenated alkanes) is 1. The molecule has 2 rings (SSSR count). The van der Waals surface area contributed by atoms with Crippen LogP contribution in [0.1, 0.15) is 26.2 Å². The van der Waals surface area contributed by atoms with E-state index in [0.717, 1.165) is 5.56 Å². The zero-order chi connectivity index (χ0) is 23.9. The molecule has 0 saturated heterocycles. The summed E-state index contributed by atoms with van der Waals surface area (Å²) in [6.07, 6.45) is -1.51. The molecule has 9 nitrogen and oxygen atoms in total. The second-order valence-corrected chi connectivity index (χ2v) is 9.00. The zero-order valence-electron chi connectivity index (χ0n) is 17.1. The molecule has 0 bridgehead atoms. The van der Waals surface area contributed by atoms with Crippen LogP contribution in [0.5, 0.6) is 0 Å². The van der Waals surface area contributed by atoms with Crippen LogP contribution in [0.25, 0.3) is 11.1 Å². The molecule has 0 radical (unpaired) electrons. The maximum absolute atomic E-state index is 13.2. The average molecular weight is 484 g/mol. The summed E-state index contributed by atoms with van der Waals surface area (Å²) < 4.78 is 31.2. The molecule has 0 saturated carbocycles. The first-order valence-corrected chi connectivity index (χ1v) is 11.4. The Morgan fingerprint density at radius 1 is 1.00 bits per heavy atom. The van der Waals surface area contributed by atoms with Gasteiger partial charge < -0.3 is 14.9 Å². The number of amides is 1. The Morgan fingerprint density at radius 2 is 1.53 bits per heavy atom. The number of hydrogen-bond acceptors (Lipinski definition) is 6. The molecule has 0 aliphatic heterocycles. The monoisotopic (exact) mass is 483 g/mol. The Balaban J connectivity index is 2.45. The topological polar surface area (TPSA) is 138 Å². The highest BCUT2D eigenvalue weighted by Crippen LogP contribution is 2.26. The number of aliphatic carboxylic acids is 2. The number of carbonyl (C=O) groups is 3. The molecule has 32 heavy (non-hydrogen) atoms. The summed E-state index contributed by atoms with van der Waals surface area (Å²) in [6, 6.07) is 9.97. The lowest BCUT2D eigenvalue weighted by Crippen LogP contribution is -2.49. The summed E-state index contributed by atoms with van der Waals surface area (Å²) in [7, 11) is -4.74. The smallest absolute Gasteiger partial charge is 0.424 e. The van der Waals surface area contributed by atoms with Gasteiger partial charge in [-0.3, -0.25) is 4.79 Å². The van der Waals surface area contributed by atoms with Crippen molar-refractivity contribution < 1.29 is 37.8 Å². The predicted octanol–water partition coefficient (Wildman–Crippen LogP) is 3.86. The Morgan fingerprint density at radius 3 is 2.00 bits per heavy atom. The van der Waals surface area contributed by atoms with Crippen LogP contribution in [0, 0.1) is 0 Å². The van der Waals surface area contributed by atoms with Crippen molar-refractivity contribution in [2.24, 2.45) is 0 Å². The van der Waals surface area contributed by atoms with Gasteiger partial charge in [-0.2, -0.15) is 4.31 Å². The maximum atomic E-state index is 13.2. The fraction of sp³-hybridized carbons (Fsp3) is 0.286. The van der Waals surface area contributed by atoms with E-state index in [2.05, 4.69) is 0 Å². The molecule has 0 heterocycles. The number of hydrogen-bond donors (Lipinski definition) is 2. The van der Waals surface area contributed by atoms with E-state index in [4.69, 9.17) is 21.4 Å². The summed E-state index contributed by atoms with van der Waals surface area (Å²) in [5.74, 6) is -3.38. The molecule has 172 valence electrons. The molecule has 2 aromatic rings. The second-order valence-electron chi connectivity index (χ2n) is 6.75. The summed E-state index contributed by atoms with van der Waals surface area (Å²) in [4.78, 5) is 35.0. The van der Waals surface area contributed by atoms with Crippen LogP contribution in [0.15, 0.2) is 53.4 Å². The van der Waals surface area contributed by atoms with Crippen molar-refractivity contribution >= 4 is 39.7 Å². The molecule has 2 N–H and O–H groups in total. The van der Waals surface area contributed by atoms with Crippen molar-refractivity contribution in [1.82, 2.24) is 4.31 Å². The number of carboxylic acids is 2. The quantitative estimate of drug-likeness (QED) is 0.485. The molecular formula is C21H22ClNO8S. The van der Waals surface area contributed by atoms with Gasteiger partial charge in [0, 0.05) is 5.02 Å². The third-order valence-corrected chi connectivity index (χ3v) is 6.47. The van der Waals surface area contributed by atoms with E-state index in [0.29, 0.717) is 23.4 Å². The van der Waals surface area contributed by atoms with E-state index in [1.165, 1.54) is 24.3 Å². The number of carbonyl (C=O) groups excluding carboxylic acids is 1. The van der Waals surface area contributed by atoms with Crippen molar-refractivity contribution in [2.75, 3.05) is 6.61 Å². The van der Waals surface area contributed by atoms with Gasteiger partial charge in [0.25, 0.3) is 10.0 Å². The highest BCUT2D eigenvalue weighted by atomic mass is 35.5. The van der Waals surface area contributed by atoms with Crippen LogP contribution in [0.4, 0.5) is 4.79 Å². The number of ether oxygens (including phenoxy) is 1. The number of carboxylic acid groups (broad SMARTS) is 2. The number of benzene rings is 2. The van der Waals surface area contributed by atoms with Gasteiger partial charge in [0.15, 0.2) is 6.04 Å². The van der Waals surface area contributed by atoms with Crippen LogP contribution in [-0.2, 0) is 24.3 Å². The third kappa shape index (κ3) is 6.21. The van der Waals surface area contributed by atoms with Gasteiger partial charge in [0.1, 0.15) is 0 Å². The highest BCUT2D eigenvalue weighted by Gasteiger charge is 2.42. The van der Waals surface area contributed by atoms with Crippen molar-refractivity contribution in [3.05, 3.63) is 53.6 Å². The minimum atomic E-state index is -4.74. The van der Waals surface area contributed by atoms with E-state index in [9.17, 15) is 27.9 Å². The molecule has 0 fully saturated rings. The third-order valence-electron chi connectivity index (χ3n) is 4.43. The minimum Gasteiger partial charge on any atom is -0.481 e. The standard InChI is InChI=1S/C21H22ClNO8S/c1-2-3-12-31-21(28)23(18(20(26)27)13-19(24)25)32(29,30)17-10-6-15(7-11-17)14-4-8-16(22)9-5-14/h4-11,18H,2-3,12-13H2,1H3,(H,24,25)(H,26,27)/t18-/m0/s1. The molecule has 0 spiro atoms. The lowest BCUT2D eigenvalue weighted by molar-refractivity contribution is -0.147. The Kier molecular flexibility index (Phi) is 8.62. The van der Waals surface area contributed by atoms with Crippen LogP contribution < -0.4 is 0 Å². The van der Waals surface area contributed by atoms with Gasteiger partial charge in [-0.05, 0) is 41.8 Å². The van der Waals surface area contributed by atoms with Crippen LogP contribution >= 0.6 is 11.6 Å². The number of sulfonamides is 1. The number of rotatable bonds is 10. The molecular weight excluding hydrogens is 462 g/mol. The lowest BCUT2D eigenvalue weighted by atomic mass is 10.1. The lowest BCUT2D eigenvalue weighted by Gasteiger charge is -2.26. The molecule has 11 heteroatoms. The first kappa shape index (κ1) is 25.2. The minimum absolute atomic E-state index is 0.0175. The first-order valence-electron chi connectivity index (χ1n) is 9.59. The van der Waals surface area contributed by atoms with Crippen LogP contribution in [0.2, 0.25) is 5.02 Å². The van der Waals surface area contributed by atoms with Crippen LogP contribution in [-0.4, -0.2) is 53.6 Å². The Labute approximate surface area is 190 Å². The van der Waals surface area contributed by atoms with E-state index in [-0.39, 0.29) is 15.8 Å². The summed E-state index contributed by atoms with van der Waals surface area (Å²) in [6.45, 7) is 1.67. The number of halogens is 1. The molecule has 0 aliphatic rings. The van der Waals surface area contributed by atoms with E-state index in [1.807, 2.05) is 6.92 Å². The zero-order valence-corrected chi connectivity index (χ0v) is 18.7. The van der Waals surface area contributed by atoms with E-state index < -0.39 is 40.5 Å². The van der Waals surface area contributed by atoms with Gasteiger partial charge in [0.2, 0.25) is 0 Å². The molecule has 0 aliphatic carbocycles. The van der Waals surface area contributed by atoms with Crippen molar-refractivity contribution in [2.45, 2.75) is 37.1 Å². The molecule has 0 unspecified atom stereocenters. The summed E-state index contributed by atoms with van der Waals surface area (Å²) in [5.41, 5.74) is 1.40. The molecule has 0 aromatic heterocycles. The van der Waals surface area contributed by atoms with Crippen molar-refractivity contribution in [1.29, 1.82) is 0 Å². The van der Waals surface area contributed by atoms with Gasteiger partial charge in [-0.15, -0.1) is 0 Å². The largest absolute Gasteiger partial charge is 0.481 e. The van der Waals surface area contributed by atoms with Crippen molar-refractivity contribution in [3.8, 4) is 11.1 Å². The molecule has 1 amide bonds. The summed E-state index contributed by atoms with van der Waals surface area (Å²) >= 11 is 5.87. The molecule has 1 atom stereocenters. The first-order chi connectivity index (χ1) is 15.1.